The van der Waals surface area contributed by atoms with Crippen molar-refractivity contribution in [1.29, 1.82) is 0 Å². The first-order valence-corrected chi connectivity index (χ1v) is 8.43. The molecule has 2 N–H and O–H groups in total. The summed E-state index contributed by atoms with van der Waals surface area (Å²) in [5, 5.41) is 20.7. The number of allylic oxidation sites excluding steroid dienone is 5. The summed E-state index contributed by atoms with van der Waals surface area (Å²) in [4.78, 5) is 0. The van der Waals surface area contributed by atoms with E-state index in [2.05, 4.69) is 38.2 Å². The Morgan fingerprint density at radius 1 is 1.14 bits per heavy atom. The van der Waals surface area contributed by atoms with Gasteiger partial charge in [0.1, 0.15) is 5.76 Å². The van der Waals surface area contributed by atoms with Crippen LogP contribution in [0.25, 0.3) is 0 Å². The van der Waals surface area contributed by atoms with Crippen molar-refractivity contribution in [1.82, 2.24) is 0 Å². The Kier molecular flexibility index (Phi) is 2.76. The van der Waals surface area contributed by atoms with Crippen molar-refractivity contribution in [2.24, 2.45) is 28.6 Å². The van der Waals surface area contributed by atoms with Crippen molar-refractivity contribution in [3.05, 3.63) is 35.6 Å². The first-order chi connectivity index (χ1) is 9.97. The van der Waals surface area contributed by atoms with Gasteiger partial charge in [0, 0.05) is 11.8 Å². The minimum atomic E-state index is -0.128. The van der Waals surface area contributed by atoms with Gasteiger partial charge in [-0.2, -0.15) is 0 Å². The van der Waals surface area contributed by atoms with Crippen molar-refractivity contribution >= 4 is 0 Å². The van der Waals surface area contributed by atoms with E-state index in [1.165, 1.54) is 0 Å². The number of hydrogen-bond donors (Lipinski definition) is 2. The molecule has 0 spiro atoms. The van der Waals surface area contributed by atoms with Gasteiger partial charge in [-0.05, 0) is 54.4 Å². The van der Waals surface area contributed by atoms with Crippen LogP contribution < -0.4 is 0 Å². The molecule has 2 fully saturated rings. The van der Waals surface area contributed by atoms with Gasteiger partial charge in [0.05, 0.1) is 6.10 Å². The van der Waals surface area contributed by atoms with Crippen LogP contribution >= 0.6 is 0 Å². The van der Waals surface area contributed by atoms with Crippen LogP contribution in [0.4, 0.5) is 0 Å². The average Bonchev–Trinajstić information content (AvgIpc) is 2.75. The van der Waals surface area contributed by atoms with Crippen LogP contribution in [0.5, 0.6) is 0 Å². The summed E-state index contributed by atoms with van der Waals surface area (Å²) in [6.45, 7) is 4.59. The smallest absolute Gasteiger partial charge is 0.100 e. The third-order valence-corrected chi connectivity index (χ3v) is 7.20. The summed E-state index contributed by atoms with van der Waals surface area (Å²) in [7, 11) is 0. The van der Waals surface area contributed by atoms with Crippen molar-refractivity contribution in [2.75, 3.05) is 0 Å². The van der Waals surface area contributed by atoms with Gasteiger partial charge in [-0.1, -0.05) is 38.2 Å². The quantitative estimate of drug-likeness (QED) is 0.657. The third kappa shape index (κ3) is 1.63. The Balaban J connectivity index is 1.78. The van der Waals surface area contributed by atoms with Crippen LogP contribution in [0.3, 0.4) is 0 Å². The second-order valence-electron chi connectivity index (χ2n) is 8.04. The highest BCUT2D eigenvalue weighted by molar-refractivity contribution is 5.42. The van der Waals surface area contributed by atoms with Crippen LogP contribution in [0, 0.1) is 28.6 Å². The number of fused-ring (bicyclic) bond motifs is 5. The fourth-order valence-electron chi connectivity index (χ4n) is 5.87. The molecule has 1 unspecified atom stereocenters. The lowest BCUT2D eigenvalue weighted by Gasteiger charge is -2.54. The van der Waals surface area contributed by atoms with Crippen molar-refractivity contribution in [2.45, 2.75) is 52.1 Å². The van der Waals surface area contributed by atoms with Gasteiger partial charge in [0.2, 0.25) is 0 Å². The van der Waals surface area contributed by atoms with E-state index in [0.717, 1.165) is 31.3 Å². The van der Waals surface area contributed by atoms with E-state index in [1.807, 2.05) is 0 Å². The SMILES string of the molecule is C[C@]12C=CCC(O)=C1C=C[C@@H]1[C@@H]2CC[C@]2(C)C(O)CC[C@@H]12. The standard InChI is InChI=1S/C19H26O2/c1-18-10-3-4-16(20)15(18)6-5-12-13-7-8-17(21)19(13,2)11-9-14(12)18/h3,5-6,10,12-14,17,20-21H,4,7-9,11H2,1-2H3/t12-,13-,14-,17?,18+,19-/m0/s1. The van der Waals surface area contributed by atoms with Crippen LogP contribution in [0.2, 0.25) is 0 Å². The molecular formula is C19H26O2. The highest BCUT2D eigenvalue weighted by atomic mass is 16.3. The lowest BCUT2D eigenvalue weighted by molar-refractivity contribution is -0.0382. The molecule has 4 aliphatic carbocycles. The molecule has 0 bridgehead atoms. The molecule has 0 amide bonds. The summed E-state index contributed by atoms with van der Waals surface area (Å²) in [6.07, 6.45) is 13.9. The van der Waals surface area contributed by atoms with Crippen LogP contribution in [-0.4, -0.2) is 16.3 Å². The van der Waals surface area contributed by atoms with Crippen molar-refractivity contribution in [3.8, 4) is 0 Å². The first kappa shape index (κ1) is 13.6. The summed E-state index contributed by atoms with van der Waals surface area (Å²) in [5.74, 6) is 2.26. The molecule has 4 aliphatic rings. The lowest BCUT2D eigenvalue weighted by Crippen LogP contribution is -2.49. The molecule has 2 saturated carbocycles. The molecule has 21 heavy (non-hydrogen) atoms. The molecular weight excluding hydrogens is 260 g/mol. The van der Waals surface area contributed by atoms with E-state index in [1.54, 1.807) is 0 Å². The molecule has 114 valence electrons. The van der Waals surface area contributed by atoms with E-state index in [0.29, 0.717) is 29.9 Å². The lowest BCUT2D eigenvalue weighted by atomic mass is 9.50. The van der Waals surface area contributed by atoms with Gasteiger partial charge < -0.3 is 10.2 Å². The van der Waals surface area contributed by atoms with Crippen LogP contribution in [0.15, 0.2) is 35.6 Å². The van der Waals surface area contributed by atoms with E-state index in [4.69, 9.17) is 0 Å². The molecule has 0 aromatic rings. The van der Waals surface area contributed by atoms with Crippen molar-refractivity contribution in [3.63, 3.8) is 0 Å². The molecule has 0 saturated heterocycles. The predicted molar refractivity (Wildman–Crippen MR) is 83.7 cm³/mol. The Morgan fingerprint density at radius 2 is 1.95 bits per heavy atom. The number of rotatable bonds is 0. The highest BCUT2D eigenvalue weighted by Gasteiger charge is 2.57. The normalized spacial score (nSPS) is 51.6. The van der Waals surface area contributed by atoms with Gasteiger partial charge in [-0.25, -0.2) is 0 Å². The van der Waals surface area contributed by atoms with Gasteiger partial charge in [0.15, 0.2) is 0 Å². The van der Waals surface area contributed by atoms with Gasteiger partial charge in [-0.3, -0.25) is 0 Å². The Labute approximate surface area is 127 Å². The van der Waals surface area contributed by atoms with E-state index in [9.17, 15) is 10.2 Å². The molecule has 0 aliphatic heterocycles. The molecule has 2 nitrogen and oxygen atoms in total. The van der Waals surface area contributed by atoms with Crippen molar-refractivity contribution < 1.29 is 10.2 Å². The van der Waals surface area contributed by atoms with E-state index in [-0.39, 0.29) is 16.9 Å². The highest BCUT2D eigenvalue weighted by Crippen LogP contribution is 2.63. The maximum atomic E-state index is 10.4. The monoisotopic (exact) mass is 286 g/mol. The van der Waals surface area contributed by atoms with E-state index < -0.39 is 0 Å². The zero-order valence-electron chi connectivity index (χ0n) is 13.0. The molecule has 0 heterocycles. The fraction of sp³-hybridized carbons (Fsp3) is 0.684. The minimum absolute atomic E-state index is 0.0172. The molecule has 0 aromatic carbocycles. The third-order valence-electron chi connectivity index (χ3n) is 7.20. The Morgan fingerprint density at radius 3 is 2.76 bits per heavy atom. The zero-order valence-corrected chi connectivity index (χ0v) is 13.0. The Bertz CT molecular complexity index is 558. The largest absolute Gasteiger partial charge is 0.512 e. The maximum absolute atomic E-state index is 10.4. The first-order valence-electron chi connectivity index (χ1n) is 8.43. The summed E-state index contributed by atoms with van der Waals surface area (Å²) < 4.78 is 0. The average molecular weight is 286 g/mol. The van der Waals surface area contributed by atoms with Crippen LogP contribution in [0.1, 0.15) is 46.0 Å². The number of aliphatic hydroxyl groups excluding tert-OH is 2. The second-order valence-corrected chi connectivity index (χ2v) is 8.04. The predicted octanol–water partition coefficient (Wildman–Crippen LogP) is 4.14. The summed E-state index contributed by atoms with van der Waals surface area (Å²) in [5.41, 5.74) is 1.22. The summed E-state index contributed by atoms with van der Waals surface area (Å²) in [6, 6.07) is 0. The topological polar surface area (TPSA) is 40.5 Å². The molecule has 6 atom stereocenters. The van der Waals surface area contributed by atoms with Crippen LogP contribution in [-0.2, 0) is 0 Å². The van der Waals surface area contributed by atoms with E-state index >= 15 is 0 Å². The molecule has 2 heteroatoms. The summed E-state index contributed by atoms with van der Waals surface area (Å²) >= 11 is 0. The number of hydrogen-bond acceptors (Lipinski definition) is 2. The minimum Gasteiger partial charge on any atom is -0.512 e. The van der Waals surface area contributed by atoms with Gasteiger partial charge >= 0.3 is 0 Å². The molecule has 0 aromatic heterocycles. The molecule has 4 rings (SSSR count). The maximum Gasteiger partial charge on any atom is 0.100 e. The fourth-order valence-corrected chi connectivity index (χ4v) is 5.87. The Hall–Kier alpha value is -1.02. The zero-order chi connectivity index (χ0) is 14.8. The number of aliphatic hydroxyl groups is 2. The second kappa shape index (κ2) is 4.25. The molecule has 0 radical (unpaired) electrons. The van der Waals surface area contributed by atoms with Gasteiger partial charge in [-0.15, -0.1) is 0 Å². The van der Waals surface area contributed by atoms with Gasteiger partial charge in [0.25, 0.3) is 0 Å².